The number of benzene rings is 1. The van der Waals surface area contributed by atoms with Crippen molar-refractivity contribution in [3.05, 3.63) is 35.4 Å². The SMILES string of the molecule is CCc1ccc(CNC2CC(C)CC(C)(C)C2)cc1. The van der Waals surface area contributed by atoms with E-state index in [1.165, 1.54) is 30.4 Å². The van der Waals surface area contributed by atoms with Crippen molar-refractivity contribution in [3.63, 3.8) is 0 Å². The normalized spacial score (nSPS) is 26.3. The summed E-state index contributed by atoms with van der Waals surface area (Å²) in [6.45, 7) is 10.4. The number of nitrogens with one attached hydrogen (secondary N) is 1. The molecule has 0 aliphatic heterocycles. The fourth-order valence-corrected chi connectivity index (χ4v) is 3.66. The van der Waals surface area contributed by atoms with Crippen molar-refractivity contribution in [2.45, 2.75) is 66.0 Å². The zero-order valence-corrected chi connectivity index (χ0v) is 13.0. The number of hydrogen-bond donors (Lipinski definition) is 1. The van der Waals surface area contributed by atoms with Gasteiger partial charge in [0.15, 0.2) is 0 Å². The molecule has 0 bridgehead atoms. The second-order valence-electron chi connectivity index (χ2n) is 7.16. The Morgan fingerprint density at radius 1 is 1.11 bits per heavy atom. The lowest BCUT2D eigenvalue weighted by atomic mass is 9.70. The maximum absolute atomic E-state index is 3.76. The van der Waals surface area contributed by atoms with Gasteiger partial charge in [0.2, 0.25) is 0 Å². The maximum atomic E-state index is 3.76. The number of rotatable bonds is 4. The van der Waals surface area contributed by atoms with Gasteiger partial charge in [0.25, 0.3) is 0 Å². The molecule has 1 aromatic carbocycles. The van der Waals surface area contributed by atoms with Crippen molar-refractivity contribution in [1.29, 1.82) is 0 Å². The van der Waals surface area contributed by atoms with Gasteiger partial charge >= 0.3 is 0 Å². The van der Waals surface area contributed by atoms with Crippen molar-refractivity contribution in [2.75, 3.05) is 0 Å². The van der Waals surface area contributed by atoms with Gasteiger partial charge in [-0.3, -0.25) is 0 Å². The summed E-state index contributed by atoms with van der Waals surface area (Å²) in [5.74, 6) is 0.851. The minimum atomic E-state index is 0.501. The van der Waals surface area contributed by atoms with Gasteiger partial charge in [-0.25, -0.2) is 0 Å². The summed E-state index contributed by atoms with van der Waals surface area (Å²) in [6.07, 6.45) is 5.14. The lowest BCUT2D eigenvalue weighted by molar-refractivity contribution is 0.151. The van der Waals surface area contributed by atoms with Crippen LogP contribution in [0.1, 0.15) is 58.1 Å². The summed E-state index contributed by atoms with van der Waals surface area (Å²) in [7, 11) is 0. The van der Waals surface area contributed by atoms with Crippen molar-refractivity contribution in [3.8, 4) is 0 Å². The molecule has 0 radical (unpaired) electrons. The highest BCUT2D eigenvalue weighted by atomic mass is 14.9. The molecule has 2 rings (SSSR count). The first-order valence-electron chi connectivity index (χ1n) is 7.80. The topological polar surface area (TPSA) is 12.0 Å². The molecule has 19 heavy (non-hydrogen) atoms. The summed E-state index contributed by atoms with van der Waals surface area (Å²) in [5.41, 5.74) is 3.34. The predicted octanol–water partition coefficient (Wildman–Crippen LogP) is 4.55. The largest absolute Gasteiger partial charge is 0.310 e. The highest BCUT2D eigenvalue weighted by Crippen LogP contribution is 2.38. The summed E-state index contributed by atoms with van der Waals surface area (Å²) < 4.78 is 0. The first-order chi connectivity index (χ1) is 8.98. The van der Waals surface area contributed by atoms with Crippen molar-refractivity contribution in [1.82, 2.24) is 5.32 Å². The monoisotopic (exact) mass is 259 g/mol. The molecule has 1 N–H and O–H groups in total. The van der Waals surface area contributed by atoms with Crippen LogP contribution >= 0.6 is 0 Å². The van der Waals surface area contributed by atoms with Crippen LogP contribution in [0.25, 0.3) is 0 Å². The quantitative estimate of drug-likeness (QED) is 0.836. The third-order valence-electron chi connectivity index (χ3n) is 4.41. The van der Waals surface area contributed by atoms with E-state index in [1.54, 1.807) is 0 Å². The molecule has 1 saturated carbocycles. The van der Waals surface area contributed by atoms with Gasteiger partial charge in [0, 0.05) is 12.6 Å². The van der Waals surface area contributed by atoms with Crippen LogP contribution < -0.4 is 5.32 Å². The molecule has 0 saturated heterocycles. The zero-order chi connectivity index (χ0) is 13.9. The van der Waals surface area contributed by atoms with Crippen LogP contribution in [0.2, 0.25) is 0 Å². The lowest BCUT2D eigenvalue weighted by Crippen LogP contribution is -2.39. The van der Waals surface area contributed by atoms with Gasteiger partial charge in [-0.05, 0) is 48.1 Å². The molecule has 2 atom stereocenters. The Morgan fingerprint density at radius 2 is 1.74 bits per heavy atom. The van der Waals surface area contributed by atoms with Crippen LogP contribution in [0.3, 0.4) is 0 Å². The Labute approximate surface area is 118 Å². The van der Waals surface area contributed by atoms with E-state index in [0.29, 0.717) is 11.5 Å². The Morgan fingerprint density at radius 3 is 2.32 bits per heavy atom. The van der Waals surface area contributed by atoms with E-state index >= 15 is 0 Å². The third-order valence-corrected chi connectivity index (χ3v) is 4.41. The molecule has 2 unspecified atom stereocenters. The molecule has 0 amide bonds. The molecule has 106 valence electrons. The highest BCUT2D eigenvalue weighted by Gasteiger charge is 2.31. The smallest absolute Gasteiger partial charge is 0.0208 e. The van der Waals surface area contributed by atoms with Gasteiger partial charge in [-0.1, -0.05) is 52.0 Å². The van der Waals surface area contributed by atoms with Crippen LogP contribution in [0, 0.1) is 11.3 Å². The fourth-order valence-electron chi connectivity index (χ4n) is 3.66. The van der Waals surface area contributed by atoms with E-state index in [-0.39, 0.29) is 0 Å². The highest BCUT2D eigenvalue weighted by molar-refractivity contribution is 5.22. The Balaban J connectivity index is 1.87. The van der Waals surface area contributed by atoms with Crippen molar-refractivity contribution >= 4 is 0 Å². The number of aryl methyl sites for hydroxylation is 1. The summed E-state index contributed by atoms with van der Waals surface area (Å²) in [6, 6.07) is 9.73. The minimum Gasteiger partial charge on any atom is -0.310 e. The molecule has 1 aliphatic rings. The molecule has 0 spiro atoms. The van der Waals surface area contributed by atoms with Crippen LogP contribution in [-0.4, -0.2) is 6.04 Å². The average molecular weight is 259 g/mol. The molecule has 0 aromatic heterocycles. The molecule has 1 heteroatoms. The Bertz CT molecular complexity index is 391. The summed E-state index contributed by atoms with van der Waals surface area (Å²) in [5, 5.41) is 3.76. The molecule has 1 aliphatic carbocycles. The van der Waals surface area contributed by atoms with Gasteiger partial charge < -0.3 is 5.32 Å². The zero-order valence-electron chi connectivity index (χ0n) is 13.0. The van der Waals surface area contributed by atoms with E-state index in [0.717, 1.165) is 18.9 Å². The van der Waals surface area contributed by atoms with Gasteiger partial charge in [-0.2, -0.15) is 0 Å². The molecule has 1 aromatic rings. The average Bonchev–Trinajstić information content (AvgIpc) is 2.34. The summed E-state index contributed by atoms with van der Waals surface area (Å²) in [4.78, 5) is 0. The minimum absolute atomic E-state index is 0.501. The van der Waals surface area contributed by atoms with Crippen LogP contribution in [-0.2, 0) is 13.0 Å². The van der Waals surface area contributed by atoms with E-state index in [4.69, 9.17) is 0 Å². The van der Waals surface area contributed by atoms with Crippen molar-refractivity contribution in [2.24, 2.45) is 11.3 Å². The summed E-state index contributed by atoms with van der Waals surface area (Å²) >= 11 is 0. The molecule has 0 heterocycles. The predicted molar refractivity (Wildman–Crippen MR) is 83.2 cm³/mol. The number of hydrogen-bond acceptors (Lipinski definition) is 1. The second-order valence-corrected chi connectivity index (χ2v) is 7.16. The Hall–Kier alpha value is -0.820. The standard InChI is InChI=1S/C18H29N/c1-5-15-6-8-16(9-7-15)13-19-17-10-14(2)11-18(3,4)12-17/h6-9,14,17,19H,5,10-13H2,1-4H3. The first kappa shape index (κ1) is 14.6. The molecular formula is C18H29N. The third kappa shape index (κ3) is 4.35. The lowest BCUT2D eigenvalue weighted by Gasteiger charge is -2.39. The van der Waals surface area contributed by atoms with E-state index in [2.05, 4.69) is 57.3 Å². The Kier molecular flexibility index (Phi) is 4.67. The van der Waals surface area contributed by atoms with Gasteiger partial charge in [0.1, 0.15) is 0 Å². The molecule has 1 nitrogen and oxygen atoms in total. The van der Waals surface area contributed by atoms with Gasteiger partial charge in [-0.15, -0.1) is 0 Å². The molecule has 1 fully saturated rings. The fraction of sp³-hybridized carbons (Fsp3) is 0.667. The van der Waals surface area contributed by atoms with E-state index < -0.39 is 0 Å². The molecular weight excluding hydrogens is 230 g/mol. The van der Waals surface area contributed by atoms with Gasteiger partial charge in [0.05, 0.1) is 0 Å². The van der Waals surface area contributed by atoms with Crippen LogP contribution in [0.5, 0.6) is 0 Å². The van der Waals surface area contributed by atoms with E-state index in [1.807, 2.05) is 0 Å². The van der Waals surface area contributed by atoms with Crippen LogP contribution in [0.15, 0.2) is 24.3 Å². The van der Waals surface area contributed by atoms with E-state index in [9.17, 15) is 0 Å². The van der Waals surface area contributed by atoms with Crippen LogP contribution in [0.4, 0.5) is 0 Å². The maximum Gasteiger partial charge on any atom is 0.0208 e. The first-order valence-corrected chi connectivity index (χ1v) is 7.80. The van der Waals surface area contributed by atoms with Crippen molar-refractivity contribution < 1.29 is 0 Å². The second kappa shape index (κ2) is 6.09.